The second-order valence-corrected chi connectivity index (χ2v) is 7.27. The van der Waals surface area contributed by atoms with Crippen molar-refractivity contribution >= 4 is 30.1 Å². The van der Waals surface area contributed by atoms with Crippen molar-refractivity contribution in [1.82, 2.24) is 0 Å². The minimum atomic E-state index is -4.30. The van der Waals surface area contributed by atoms with Crippen molar-refractivity contribution in [1.29, 1.82) is 0 Å². The van der Waals surface area contributed by atoms with Gasteiger partial charge < -0.3 is 0 Å². The van der Waals surface area contributed by atoms with Gasteiger partial charge in [-0.1, -0.05) is 0 Å². The summed E-state index contributed by atoms with van der Waals surface area (Å²) in [6.07, 6.45) is 0. The summed E-state index contributed by atoms with van der Waals surface area (Å²) in [7, 11) is 1.19. The molecule has 1 aromatic rings. The summed E-state index contributed by atoms with van der Waals surface area (Å²) in [4.78, 5) is 10.8. The fourth-order valence-corrected chi connectivity index (χ4v) is 2.98. The SMILES string of the molecule is CO[As](=O)(OO)c1ccc(NC(C)=O)cc1. The number of rotatable bonds is 4. The third-order valence-electron chi connectivity index (χ3n) is 1.85. The van der Waals surface area contributed by atoms with Gasteiger partial charge in [-0.15, -0.1) is 0 Å². The third kappa shape index (κ3) is 2.96. The second-order valence-electron chi connectivity index (χ2n) is 2.99. The normalized spacial score (nSPS) is 14.2. The number of carbonyl (C=O) groups is 1. The summed E-state index contributed by atoms with van der Waals surface area (Å²) in [5, 5.41) is 11.1. The van der Waals surface area contributed by atoms with Crippen molar-refractivity contribution in [3.8, 4) is 0 Å². The van der Waals surface area contributed by atoms with E-state index in [1.165, 1.54) is 26.2 Å². The molecular formula is C9H12AsNO5. The van der Waals surface area contributed by atoms with Crippen LogP contribution >= 0.6 is 0 Å². The molecule has 1 rings (SSSR count). The number of amides is 1. The van der Waals surface area contributed by atoms with Crippen LogP contribution in [0.1, 0.15) is 6.92 Å². The number of anilines is 1. The molecule has 2 N–H and O–H groups in total. The maximum atomic E-state index is 11.8. The Kier molecular flexibility index (Phi) is 4.32. The molecule has 1 unspecified atom stereocenters. The van der Waals surface area contributed by atoms with Gasteiger partial charge in [-0.05, 0) is 0 Å². The number of carbonyl (C=O) groups excluding carboxylic acids is 1. The van der Waals surface area contributed by atoms with Crippen molar-refractivity contribution in [2.45, 2.75) is 6.92 Å². The zero-order valence-corrected chi connectivity index (χ0v) is 10.7. The second kappa shape index (κ2) is 5.32. The molecule has 16 heavy (non-hydrogen) atoms. The number of nitrogens with one attached hydrogen (secondary N) is 1. The molecule has 0 bridgehead atoms. The Hall–Kier alpha value is -1.07. The molecule has 0 aliphatic rings. The molecule has 0 saturated heterocycles. The summed E-state index contributed by atoms with van der Waals surface area (Å²) in [6.45, 7) is 1.38. The summed E-state index contributed by atoms with van der Waals surface area (Å²) in [6, 6.07) is 6.02. The predicted octanol–water partition coefficient (Wildman–Crippen LogP) is 0.357. The predicted molar refractivity (Wildman–Crippen MR) is 57.5 cm³/mol. The Morgan fingerprint density at radius 1 is 1.38 bits per heavy atom. The average Bonchev–Trinajstić information content (AvgIpc) is 2.28. The van der Waals surface area contributed by atoms with Crippen molar-refractivity contribution in [2.75, 3.05) is 12.4 Å². The van der Waals surface area contributed by atoms with E-state index in [1.807, 2.05) is 0 Å². The van der Waals surface area contributed by atoms with E-state index in [9.17, 15) is 8.53 Å². The Morgan fingerprint density at radius 2 is 1.94 bits per heavy atom. The van der Waals surface area contributed by atoms with Crippen LogP contribution in [0.5, 0.6) is 0 Å². The van der Waals surface area contributed by atoms with Gasteiger partial charge in [0.15, 0.2) is 0 Å². The molecule has 0 saturated carbocycles. The van der Waals surface area contributed by atoms with Gasteiger partial charge in [0.25, 0.3) is 0 Å². The molecule has 0 radical (unpaired) electrons. The topological polar surface area (TPSA) is 84.9 Å². The summed E-state index contributed by atoms with van der Waals surface area (Å²) in [5.74, 6) is -0.202. The summed E-state index contributed by atoms with van der Waals surface area (Å²) in [5.41, 5.74) is 0.562. The number of hydrogen-bond acceptors (Lipinski definition) is 5. The van der Waals surface area contributed by atoms with Crippen molar-refractivity contribution in [3.63, 3.8) is 0 Å². The zero-order chi connectivity index (χ0) is 12.2. The van der Waals surface area contributed by atoms with Crippen molar-refractivity contribution in [3.05, 3.63) is 24.3 Å². The van der Waals surface area contributed by atoms with E-state index in [2.05, 4.69) is 12.9 Å². The molecule has 0 fully saturated rings. The Morgan fingerprint density at radius 3 is 2.31 bits per heavy atom. The van der Waals surface area contributed by atoms with Crippen LogP contribution < -0.4 is 9.67 Å². The first-order valence-corrected chi connectivity index (χ1v) is 7.62. The molecular weight excluding hydrogens is 277 g/mol. The van der Waals surface area contributed by atoms with E-state index in [0.29, 0.717) is 5.69 Å². The van der Waals surface area contributed by atoms with Crippen LogP contribution in [0, 0.1) is 0 Å². The first kappa shape index (κ1) is 13.0. The molecule has 1 aromatic carbocycles. The van der Waals surface area contributed by atoms with E-state index in [4.69, 9.17) is 5.26 Å². The van der Waals surface area contributed by atoms with Crippen LogP contribution in [0.4, 0.5) is 5.69 Å². The molecule has 0 aromatic heterocycles. The Balaban J connectivity index is 2.94. The average molecular weight is 289 g/mol. The summed E-state index contributed by atoms with van der Waals surface area (Å²) < 4.78 is 20.6. The molecule has 1 amide bonds. The van der Waals surface area contributed by atoms with Gasteiger partial charge in [-0.25, -0.2) is 0 Å². The Bertz CT molecular complexity index is 408. The minimum absolute atomic E-state index is 0.202. The van der Waals surface area contributed by atoms with E-state index in [-0.39, 0.29) is 10.3 Å². The van der Waals surface area contributed by atoms with Crippen molar-refractivity contribution in [2.24, 2.45) is 0 Å². The molecule has 0 aliphatic carbocycles. The Labute approximate surface area is 95.5 Å². The number of benzene rings is 1. The van der Waals surface area contributed by atoms with Gasteiger partial charge in [0.1, 0.15) is 0 Å². The van der Waals surface area contributed by atoms with Crippen molar-refractivity contribution < 1.29 is 21.4 Å². The van der Waals surface area contributed by atoms with Gasteiger partial charge in [-0.3, -0.25) is 0 Å². The van der Waals surface area contributed by atoms with Gasteiger partial charge in [-0.2, -0.15) is 0 Å². The quantitative estimate of drug-likeness (QED) is 0.475. The molecule has 0 heterocycles. The van der Waals surface area contributed by atoms with Gasteiger partial charge in [0.05, 0.1) is 0 Å². The van der Waals surface area contributed by atoms with Crippen LogP contribution in [0.15, 0.2) is 24.3 Å². The molecule has 6 nitrogen and oxygen atoms in total. The first-order chi connectivity index (χ1) is 7.51. The van der Waals surface area contributed by atoms with Crippen LogP contribution in [-0.4, -0.2) is 32.4 Å². The molecule has 1 atom stereocenters. The summed E-state index contributed by atoms with van der Waals surface area (Å²) >= 11 is -4.30. The number of hydrogen-bond donors (Lipinski definition) is 2. The maximum absolute atomic E-state index is 11.8. The fraction of sp³-hybridized carbons (Fsp3) is 0.222. The van der Waals surface area contributed by atoms with Crippen LogP contribution in [0.3, 0.4) is 0 Å². The van der Waals surface area contributed by atoms with E-state index in [0.717, 1.165) is 0 Å². The van der Waals surface area contributed by atoms with Gasteiger partial charge in [0, 0.05) is 0 Å². The van der Waals surface area contributed by atoms with E-state index in [1.54, 1.807) is 12.1 Å². The molecule has 0 spiro atoms. The fourth-order valence-electron chi connectivity index (χ4n) is 1.12. The standard InChI is InChI=1S/C9H12AsNO5/c1-7(12)11-9-5-3-8(4-6-9)10(13,15-2)16-14/h3-6,14H,1-2H3,(H,11,12). The van der Waals surface area contributed by atoms with E-state index >= 15 is 0 Å². The molecule has 88 valence electrons. The van der Waals surface area contributed by atoms with Gasteiger partial charge in [0.2, 0.25) is 0 Å². The first-order valence-electron chi connectivity index (χ1n) is 4.39. The molecule has 0 aliphatic heterocycles. The van der Waals surface area contributed by atoms with Crippen LogP contribution in [0.25, 0.3) is 0 Å². The van der Waals surface area contributed by atoms with Crippen LogP contribution in [-0.2, 0) is 16.1 Å². The monoisotopic (exact) mass is 289 g/mol. The van der Waals surface area contributed by atoms with E-state index < -0.39 is 14.2 Å². The van der Waals surface area contributed by atoms with Crippen LogP contribution in [0.2, 0.25) is 0 Å². The molecule has 7 heteroatoms. The third-order valence-corrected chi connectivity index (χ3v) is 5.26. The van der Waals surface area contributed by atoms with Gasteiger partial charge >= 0.3 is 95.1 Å². The zero-order valence-electron chi connectivity index (χ0n) is 8.84.